The van der Waals surface area contributed by atoms with E-state index in [9.17, 15) is 38.1 Å². The topological polar surface area (TPSA) is 213 Å². The number of hydrogen-bond acceptors (Lipinski definition) is 7. The SMILES string of the molecule is NC(N)=N[C@H]1C=C(C(=O)O)O[C@@H]([C@H](O)[C@H](O)CO)[C@@H]1NC(=O)Nc1cccc(C(F)(F)F)c1. The number of carboxylic acid groups (broad SMARTS) is 1. The summed E-state index contributed by atoms with van der Waals surface area (Å²) in [5, 5.41) is 43.0. The third kappa shape index (κ3) is 6.71. The number of urea groups is 1. The molecule has 2 amide bonds. The van der Waals surface area contributed by atoms with Crippen LogP contribution in [0.3, 0.4) is 0 Å². The summed E-state index contributed by atoms with van der Waals surface area (Å²) in [6.45, 7) is -0.941. The van der Waals surface area contributed by atoms with Crippen molar-refractivity contribution in [2.75, 3.05) is 11.9 Å². The summed E-state index contributed by atoms with van der Waals surface area (Å²) in [4.78, 5) is 27.7. The molecule has 5 atom stereocenters. The van der Waals surface area contributed by atoms with Crippen LogP contribution in [0.15, 0.2) is 41.1 Å². The molecule has 0 fully saturated rings. The van der Waals surface area contributed by atoms with Gasteiger partial charge in [0.15, 0.2) is 12.1 Å². The molecule has 2 rings (SSSR count). The van der Waals surface area contributed by atoms with E-state index in [1.54, 1.807) is 0 Å². The van der Waals surface area contributed by atoms with Gasteiger partial charge in [0.05, 0.1) is 24.3 Å². The van der Waals surface area contributed by atoms with Crippen LogP contribution in [0, 0.1) is 0 Å². The van der Waals surface area contributed by atoms with Crippen LogP contribution in [0.2, 0.25) is 0 Å². The second-order valence-electron chi connectivity index (χ2n) is 6.91. The van der Waals surface area contributed by atoms with Crippen LogP contribution in [-0.4, -0.2) is 75.4 Å². The number of guanidine groups is 1. The smallest absolute Gasteiger partial charge is 0.416 e. The number of amides is 2. The maximum absolute atomic E-state index is 12.9. The molecule has 182 valence electrons. The van der Waals surface area contributed by atoms with Crippen molar-refractivity contribution in [3.63, 3.8) is 0 Å². The number of carbonyl (C=O) groups is 2. The van der Waals surface area contributed by atoms with Crippen molar-refractivity contribution < 1.29 is 47.9 Å². The molecule has 12 nitrogen and oxygen atoms in total. The molecule has 1 aliphatic heterocycles. The standard InChI is InChI=1S/C18H22F3N5O7/c19-18(20,21)7-2-1-3-8(4-7)24-17(32)26-12-9(25-16(22)23)5-11(15(30)31)33-14(12)13(29)10(28)6-27/h1-5,9-10,12-14,27-29H,6H2,(H,30,31)(H4,22,23,25)(H2,24,26,32)/t9-,10+,12+,13+,14+/m0/s1. The number of aliphatic hydroxyl groups is 3. The Balaban J connectivity index is 2.35. The zero-order chi connectivity index (χ0) is 24.9. The van der Waals surface area contributed by atoms with Crippen molar-refractivity contribution >= 4 is 23.6 Å². The molecule has 0 aromatic heterocycles. The number of rotatable bonds is 7. The summed E-state index contributed by atoms with van der Waals surface area (Å²) in [5.74, 6) is -2.81. The van der Waals surface area contributed by atoms with E-state index in [1.165, 1.54) is 6.07 Å². The lowest BCUT2D eigenvalue weighted by Crippen LogP contribution is -2.60. The molecule has 0 aliphatic carbocycles. The number of nitrogens with one attached hydrogen (secondary N) is 2. The molecule has 1 aliphatic rings. The number of ether oxygens (including phenoxy) is 1. The Labute approximate surface area is 184 Å². The van der Waals surface area contributed by atoms with E-state index in [0.717, 1.165) is 18.2 Å². The summed E-state index contributed by atoms with van der Waals surface area (Å²) in [6, 6.07) is -0.102. The first-order valence-corrected chi connectivity index (χ1v) is 9.25. The summed E-state index contributed by atoms with van der Waals surface area (Å²) < 4.78 is 43.8. The molecule has 0 unspecified atom stereocenters. The number of anilines is 1. The number of halogens is 3. The van der Waals surface area contributed by atoms with Gasteiger partial charge < -0.3 is 47.3 Å². The molecule has 33 heavy (non-hydrogen) atoms. The maximum atomic E-state index is 12.9. The fourth-order valence-electron chi connectivity index (χ4n) is 2.99. The molecule has 0 radical (unpaired) electrons. The fraction of sp³-hybridized carbons (Fsp3) is 0.389. The Morgan fingerprint density at radius 3 is 2.45 bits per heavy atom. The molecule has 0 saturated carbocycles. The number of benzene rings is 1. The zero-order valence-corrected chi connectivity index (χ0v) is 16.7. The third-order valence-corrected chi connectivity index (χ3v) is 4.48. The second-order valence-corrected chi connectivity index (χ2v) is 6.91. The van der Waals surface area contributed by atoms with Crippen LogP contribution < -0.4 is 22.1 Å². The molecule has 1 aromatic carbocycles. The first-order valence-electron chi connectivity index (χ1n) is 9.25. The van der Waals surface area contributed by atoms with E-state index in [0.29, 0.717) is 6.07 Å². The van der Waals surface area contributed by atoms with Gasteiger partial charge >= 0.3 is 18.2 Å². The number of nitrogens with two attached hydrogens (primary N) is 2. The number of carboxylic acids is 1. The lowest BCUT2D eigenvalue weighted by atomic mass is 9.92. The Morgan fingerprint density at radius 2 is 1.91 bits per heavy atom. The summed E-state index contributed by atoms with van der Waals surface area (Å²) in [7, 11) is 0. The van der Waals surface area contributed by atoms with Crippen molar-refractivity contribution in [3.05, 3.63) is 41.7 Å². The van der Waals surface area contributed by atoms with Gasteiger partial charge in [0.2, 0.25) is 5.76 Å². The van der Waals surface area contributed by atoms with Crippen LogP contribution in [0.5, 0.6) is 0 Å². The van der Waals surface area contributed by atoms with Crippen molar-refractivity contribution in [3.8, 4) is 0 Å². The van der Waals surface area contributed by atoms with Crippen molar-refractivity contribution in [1.29, 1.82) is 0 Å². The number of aliphatic carboxylic acids is 1. The lowest BCUT2D eigenvalue weighted by molar-refractivity contribution is -0.144. The lowest BCUT2D eigenvalue weighted by Gasteiger charge is -2.38. The fourth-order valence-corrected chi connectivity index (χ4v) is 2.99. The van der Waals surface area contributed by atoms with Gasteiger partial charge in [-0.05, 0) is 24.3 Å². The Kier molecular flexibility index (Phi) is 8.08. The van der Waals surface area contributed by atoms with Crippen molar-refractivity contribution in [2.45, 2.75) is 36.6 Å². The summed E-state index contributed by atoms with van der Waals surface area (Å²) >= 11 is 0. The van der Waals surface area contributed by atoms with E-state index in [1.807, 2.05) is 0 Å². The van der Waals surface area contributed by atoms with E-state index in [-0.39, 0.29) is 5.69 Å². The molecule has 10 N–H and O–H groups in total. The maximum Gasteiger partial charge on any atom is 0.416 e. The minimum Gasteiger partial charge on any atom is -0.478 e. The number of hydrogen-bond donors (Lipinski definition) is 8. The van der Waals surface area contributed by atoms with E-state index in [2.05, 4.69) is 15.6 Å². The highest BCUT2D eigenvalue weighted by Gasteiger charge is 2.44. The van der Waals surface area contributed by atoms with Gasteiger partial charge in [-0.2, -0.15) is 13.2 Å². The minimum atomic E-state index is -4.66. The first kappa shape index (κ1) is 25.7. The normalized spacial score (nSPS) is 22.2. The molecule has 15 heteroatoms. The highest BCUT2D eigenvalue weighted by Crippen LogP contribution is 2.31. The predicted molar refractivity (Wildman–Crippen MR) is 107 cm³/mol. The van der Waals surface area contributed by atoms with Gasteiger partial charge in [-0.1, -0.05) is 6.07 Å². The van der Waals surface area contributed by atoms with Gasteiger partial charge in [0.25, 0.3) is 0 Å². The number of alkyl halides is 3. The van der Waals surface area contributed by atoms with Gasteiger partial charge in [0, 0.05) is 5.69 Å². The van der Waals surface area contributed by atoms with E-state index in [4.69, 9.17) is 21.3 Å². The van der Waals surface area contributed by atoms with Gasteiger partial charge in [-0.15, -0.1) is 0 Å². The average Bonchev–Trinajstić information content (AvgIpc) is 2.72. The van der Waals surface area contributed by atoms with Crippen LogP contribution >= 0.6 is 0 Å². The molecule has 0 bridgehead atoms. The van der Waals surface area contributed by atoms with Crippen LogP contribution in [0.25, 0.3) is 0 Å². The van der Waals surface area contributed by atoms with Gasteiger partial charge in [0.1, 0.15) is 12.2 Å². The number of nitrogens with zero attached hydrogens (tertiary/aromatic N) is 1. The van der Waals surface area contributed by atoms with Crippen LogP contribution in [-0.2, 0) is 15.7 Å². The summed E-state index contributed by atoms with van der Waals surface area (Å²) in [5.41, 5.74) is 9.45. The van der Waals surface area contributed by atoms with Gasteiger partial charge in [-0.3, -0.25) is 0 Å². The zero-order valence-electron chi connectivity index (χ0n) is 16.7. The minimum absolute atomic E-state index is 0.230. The summed E-state index contributed by atoms with van der Waals surface area (Å²) in [6.07, 6.45) is -9.14. The number of aliphatic hydroxyl groups excluding tert-OH is 3. The monoisotopic (exact) mass is 477 g/mol. The number of aliphatic imine (C=N–C) groups is 1. The molecular formula is C18H22F3N5O7. The Morgan fingerprint density at radius 1 is 1.24 bits per heavy atom. The largest absolute Gasteiger partial charge is 0.478 e. The predicted octanol–water partition coefficient (Wildman–Crippen LogP) is -1.08. The quantitative estimate of drug-likeness (QED) is 0.177. The highest BCUT2D eigenvalue weighted by atomic mass is 19.4. The second kappa shape index (κ2) is 10.4. The molecule has 1 aromatic rings. The molecular weight excluding hydrogens is 455 g/mol. The Hall–Kier alpha value is -3.56. The molecule has 1 heterocycles. The van der Waals surface area contributed by atoms with Crippen LogP contribution in [0.1, 0.15) is 5.56 Å². The Bertz CT molecular complexity index is 936. The van der Waals surface area contributed by atoms with Crippen molar-refractivity contribution in [2.24, 2.45) is 16.5 Å². The van der Waals surface area contributed by atoms with E-state index < -0.39 is 72.5 Å². The molecule has 0 spiro atoms. The van der Waals surface area contributed by atoms with E-state index >= 15 is 0 Å². The van der Waals surface area contributed by atoms with Crippen LogP contribution in [0.4, 0.5) is 23.7 Å². The number of carbonyl (C=O) groups excluding carboxylic acids is 1. The third-order valence-electron chi connectivity index (χ3n) is 4.48. The average molecular weight is 477 g/mol. The molecule has 0 saturated heterocycles. The highest BCUT2D eigenvalue weighted by molar-refractivity contribution is 5.90. The van der Waals surface area contributed by atoms with Crippen molar-refractivity contribution in [1.82, 2.24) is 5.32 Å². The van der Waals surface area contributed by atoms with Gasteiger partial charge in [-0.25, -0.2) is 14.6 Å². The first-order chi connectivity index (χ1) is 15.3.